The zero-order valence-corrected chi connectivity index (χ0v) is 10.8. The van der Waals surface area contributed by atoms with Crippen molar-refractivity contribution in [1.82, 2.24) is 0 Å². The zero-order valence-electron chi connectivity index (χ0n) is 10.8. The van der Waals surface area contributed by atoms with Crippen molar-refractivity contribution >= 4 is 0 Å². The molecule has 0 aromatic heterocycles. The molecule has 17 heavy (non-hydrogen) atoms. The van der Waals surface area contributed by atoms with Crippen molar-refractivity contribution in [3.8, 4) is 6.07 Å². The maximum absolute atomic E-state index is 8.98. The molecule has 2 aliphatic rings. The molecule has 0 bridgehead atoms. The maximum atomic E-state index is 8.98. The SMILES string of the molecule is CC1=C(CC#N)[C@](C)(CC2OCCO2)CCC1. The van der Waals surface area contributed by atoms with Crippen molar-refractivity contribution in [1.29, 1.82) is 5.26 Å². The van der Waals surface area contributed by atoms with Gasteiger partial charge in [-0.05, 0) is 31.6 Å². The van der Waals surface area contributed by atoms with Gasteiger partial charge in [-0.1, -0.05) is 18.1 Å². The standard InChI is InChI=1S/C14H21NO2/c1-11-4-3-6-14(2,12(11)5-7-15)10-13-16-8-9-17-13/h13H,3-6,8-10H2,1-2H3/t14-/m0/s1. The molecule has 2 rings (SSSR count). The van der Waals surface area contributed by atoms with Crippen LogP contribution in [0.3, 0.4) is 0 Å². The molecule has 1 saturated heterocycles. The van der Waals surface area contributed by atoms with E-state index >= 15 is 0 Å². The molecule has 0 spiro atoms. The Morgan fingerprint density at radius 3 is 2.76 bits per heavy atom. The monoisotopic (exact) mass is 235 g/mol. The van der Waals surface area contributed by atoms with Crippen LogP contribution in [0.25, 0.3) is 0 Å². The summed E-state index contributed by atoms with van der Waals surface area (Å²) in [6, 6.07) is 2.31. The highest BCUT2D eigenvalue weighted by molar-refractivity contribution is 5.26. The third-order valence-electron chi connectivity index (χ3n) is 4.09. The molecule has 0 aromatic carbocycles. The van der Waals surface area contributed by atoms with Crippen molar-refractivity contribution in [3.05, 3.63) is 11.1 Å². The first-order valence-electron chi connectivity index (χ1n) is 6.45. The molecule has 3 nitrogen and oxygen atoms in total. The average Bonchev–Trinajstić information content (AvgIpc) is 2.76. The topological polar surface area (TPSA) is 42.2 Å². The van der Waals surface area contributed by atoms with Gasteiger partial charge >= 0.3 is 0 Å². The van der Waals surface area contributed by atoms with Crippen molar-refractivity contribution in [2.24, 2.45) is 5.41 Å². The largest absolute Gasteiger partial charge is 0.350 e. The van der Waals surface area contributed by atoms with Crippen LogP contribution in [0.15, 0.2) is 11.1 Å². The quantitative estimate of drug-likeness (QED) is 0.706. The Bertz CT molecular complexity index is 350. The third kappa shape index (κ3) is 2.70. The minimum Gasteiger partial charge on any atom is -0.350 e. The molecule has 94 valence electrons. The third-order valence-corrected chi connectivity index (χ3v) is 4.09. The second-order valence-corrected chi connectivity index (χ2v) is 5.38. The fraction of sp³-hybridized carbons (Fsp3) is 0.786. The van der Waals surface area contributed by atoms with Crippen LogP contribution in [0, 0.1) is 16.7 Å². The second-order valence-electron chi connectivity index (χ2n) is 5.38. The van der Waals surface area contributed by atoms with E-state index in [9.17, 15) is 0 Å². The van der Waals surface area contributed by atoms with E-state index in [1.165, 1.54) is 17.6 Å². The molecule has 0 radical (unpaired) electrons. The normalized spacial score (nSPS) is 30.6. The fourth-order valence-electron chi connectivity index (χ4n) is 3.12. The predicted octanol–water partition coefficient (Wildman–Crippen LogP) is 3.17. The highest BCUT2D eigenvalue weighted by Gasteiger charge is 2.36. The zero-order chi connectivity index (χ0) is 12.3. The summed E-state index contributed by atoms with van der Waals surface area (Å²) < 4.78 is 11.1. The Labute approximate surface area is 103 Å². The Hall–Kier alpha value is -0.850. The molecule has 0 aromatic rings. The first-order chi connectivity index (χ1) is 8.15. The van der Waals surface area contributed by atoms with E-state index in [1.807, 2.05) is 0 Å². The lowest BCUT2D eigenvalue weighted by Gasteiger charge is -2.38. The second kappa shape index (κ2) is 5.20. The number of ether oxygens (including phenoxy) is 2. The number of rotatable bonds is 3. The molecule has 1 aliphatic heterocycles. The average molecular weight is 235 g/mol. The molecule has 0 saturated carbocycles. The summed E-state index contributed by atoms with van der Waals surface area (Å²) in [4.78, 5) is 0. The summed E-state index contributed by atoms with van der Waals surface area (Å²) in [5.74, 6) is 0. The van der Waals surface area contributed by atoms with Crippen molar-refractivity contribution < 1.29 is 9.47 Å². The fourth-order valence-corrected chi connectivity index (χ4v) is 3.12. The highest BCUT2D eigenvalue weighted by Crippen LogP contribution is 2.46. The van der Waals surface area contributed by atoms with Crippen LogP contribution in [0.2, 0.25) is 0 Å². The van der Waals surface area contributed by atoms with Crippen molar-refractivity contribution in [2.45, 2.75) is 52.2 Å². The number of hydrogen-bond donors (Lipinski definition) is 0. The molecule has 1 fully saturated rings. The van der Waals surface area contributed by atoms with Crippen LogP contribution in [0.5, 0.6) is 0 Å². The molecule has 0 unspecified atom stereocenters. The summed E-state index contributed by atoms with van der Waals surface area (Å²) >= 11 is 0. The van der Waals surface area contributed by atoms with Gasteiger partial charge in [0, 0.05) is 6.42 Å². The first-order valence-corrected chi connectivity index (χ1v) is 6.45. The van der Waals surface area contributed by atoms with Crippen molar-refractivity contribution in [2.75, 3.05) is 13.2 Å². The van der Waals surface area contributed by atoms with Crippen LogP contribution in [0.4, 0.5) is 0 Å². The van der Waals surface area contributed by atoms with Crippen LogP contribution < -0.4 is 0 Å². The smallest absolute Gasteiger partial charge is 0.158 e. The van der Waals surface area contributed by atoms with Gasteiger partial charge < -0.3 is 9.47 Å². The van der Waals surface area contributed by atoms with E-state index in [0.29, 0.717) is 19.6 Å². The van der Waals surface area contributed by atoms with Gasteiger partial charge in [0.15, 0.2) is 6.29 Å². The van der Waals surface area contributed by atoms with Crippen LogP contribution in [0.1, 0.15) is 46.0 Å². The van der Waals surface area contributed by atoms with Crippen LogP contribution >= 0.6 is 0 Å². The summed E-state index contributed by atoms with van der Waals surface area (Å²) in [7, 11) is 0. The lowest BCUT2D eigenvalue weighted by Crippen LogP contribution is -2.29. The van der Waals surface area contributed by atoms with E-state index in [2.05, 4.69) is 19.9 Å². The van der Waals surface area contributed by atoms with Gasteiger partial charge in [-0.25, -0.2) is 0 Å². The lowest BCUT2D eigenvalue weighted by atomic mass is 9.68. The minimum atomic E-state index is -0.0698. The van der Waals surface area contributed by atoms with Crippen LogP contribution in [-0.2, 0) is 9.47 Å². The Morgan fingerprint density at radius 2 is 2.12 bits per heavy atom. The van der Waals surface area contributed by atoms with Gasteiger partial charge in [0.05, 0.1) is 25.7 Å². The summed E-state index contributed by atoms with van der Waals surface area (Å²) in [6.45, 7) is 5.84. The van der Waals surface area contributed by atoms with Crippen LogP contribution in [-0.4, -0.2) is 19.5 Å². The van der Waals surface area contributed by atoms with Gasteiger partial charge in [-0.2, -0.15) is 5.26 Å². The summed E-state index contributed by atoms with van der Waals surface area (Å²) in [5.41, 5.74) is 2.82. The molecular weight excluding hydrogens is 214 g/mol. The summed E-state index contributed by atoms with van der Waals surface area (Å²) in [5, 5.41) is 8.98. The van der Waals surface area contributed by atoms with Gasteiger partial charge in [-0.3, -0.25) is 0 Å². The molecule has 1 heterocycles. The Kier molecular flexibility index (Phi) is 3.86. The number of hydrogen-bond acceptors (Lipinski definition) is 3. The predicted molar refractivity (Wildman–Crippen MR) is 65.2 cm³/mol. The van der Waals surface area contributed by atoms with Gasteiger partial charge in [0.25, 0.3) is 0 Å². The molecule has 0 amide bonds. The number of nitrogens with zero attached hydrogens (tertiary/aromatic N) is 1. The number of nitriles is 1. The van der Waals surface area contributed by atoms with Gasteiger partial charge in [-0.15, -0.1) is 0 Å². The van der Waals surface area contributed by atoms with E-state index in [-0.39, 0.29) is 11.7 Å². The van der Waals surface area contributed by atoms with E-state index in [0.717, 1.165) is 19.3 Å². The molecule has 1 atom stereocenters. The number of allylic oxidation sites excluding steroid dienone is 2. The molecule has 3 heteroatoms. The van der Waals surface area contributed by atoms with E-state index in [1.54, 1.807) is 0 Å². The summed E-state index contributed by atoms with van der Waals surface area (Å²) in [6.07, 6.45) is 4.86. The van der Waals surface area contributed by atoms with E-state index in [4.69, 9.17) is 14.7 Å². The van der Waals surface area contributed by atoms with Gasteiger partial charge in [0.2, 0.25) is 0 Å². The Balaban J connectivity index is 2.14. The minimum absolute atomic E-state index is 0.0698. The Morgan fingerprint density at radius 1 is 1.41 bits per heavy atom. The van der Waals surface area contributed by atoms with E-state index < -0.39 is 0 Å². The maximum Gasteiger partial charge on any atom is 0.158 e. The highest BCUT2D eigenvalue weighted by atomic mass is 16.7. The molecule has 0 N–H and O–H groups in total. The lowest BCUT2D eigenvalue weighted by molar-refractivity contribution is -0.0676. The first kappa shape index (κ1) is 12.6. The van der Waals surface area contributed by atoms with Gasteiger partial charge in [0.1, 0.15) is 0 Å². The molecule has 1 aliphatic carbocycles. The molecular formula is C14H21NO2. The van der Waals surface area contributed by atoms with Crippen molar-refractivity contribution in [3.63, 3.8) is 0 Å².